The maximum atomic E-state index is 13.9. The molecule has 3 N–H and O–H groups in total. The number of rotatable bonds is 7. The second-order valence-corrected chi connectivity index (χ2v) is 6.18. The quantitative estimate of drug-likeness (QED) is 0.459. The van der Waals surface area contributed by atoms with Crippen LogP contribution >= 0.6 is 0 Å². The van der Waals surface area contributed by atoms with E-state index in [1.165, 1.54) is 30.3 Å². The van der Waals surface area contributed by atoms with Crippen LogP contribution in [0, 0.1) is 17.1 Å². The van der Waals surface area contributed by atoms with Crippen LogP contribution in [-0.4, -0.2) is 34.0 Å². The Morgan fingerprint density at radius 2 is 1.91 bits per heavy atom. The largest absolute Gasteiger partial charge is 0.573 e. The van der Waals surface area contributed by atoms with Gasteiger partial charge in [0, 0.05) is 11.6 Å². The van der Waals surface area contributed by atoms with Gasteiger partial charge in [0.25, 0.3) is 0 Å². The molecule has 0 aliphatic carbocycles. The molecule has 0 unspecified atom stereocenters. The number of hydrogen-bond donors (Lipinski definition) is 3. The standard InChI is InChI=1S/C20H13F4N5O3/c21-14-5-2-6-15(13(14)9-25)27-17-8-16(28-19(29-17)26-10-18(30)31)11-3-1-4-12(7-11)32-20(22,23)24/h1-8H,10H2,(H,30,31)(H2,26,27,28,29). The molecule has 0 radical (unpaired) electrons. The van der Waals surface area contributed by atoms with E-state index in [0.717, 1.165) is 18.2 Å². The van der Waals surface area contributed by atoms with Crippen molar-refractivity contribution in [2.45, 2.75) is 6.36 Å². The average molecular weight is 447 g/mol. The number of aliphatic carboxylic acids is 1. The van der Waals surface area contributed by atoms with Crippen LogP contribution in [0.15, 0.2) is 48.5 Å². The fourth-order valence-corrected chi connectivity index (χ4v) is 2.63. The molecule has 2 aromatic carbocycles. The monoisotopic (exact) mass is 447 g/mol. The molecule has 0 aliphatic heterocycles. The summed E-state index contributed by atoms with van der Waals surface area (Å²) in [5, 5.41) is 23.3. The Bertz CT molecular complexity index is 1190. The zero-order chi connectivity index (χ0) is 23.3. The first-order valence-electron chi connectivity index (χ1n) is 8.81. The van der Waals surface area contributed by atoms with Crippen LogP contribution in [0.1, 0.15) is 5.56 Å². The maximum Gasteiger partial charge on any atom is 0.573 e. The highest BCUT2D eigenvalue weighted by molar-refractivity contribution is 5.74. The number of aromatic nitrogens is 2. The van der Waals surface area contributed by atoms with Gasteiger partial charge in [0.05, 0.1) is 11.4 Å². The van der Waals surface area contributed by atoms with E-state index in [4.69, 9.17) is 5.11 Å². The minimum Gasteiger partial charge on any atom is -0.480 e. The number of benzene rings is 2. The second-order valence-electron chi connectivity index (χ2n) is 6.18. The first kappa shape index (κ1) is 22.3. The van der Waals surface area contributed by atoms with E-state index in [9.17, 15) is 27.6 Å². The number of anilines is 3. The molecule has 32 heavy (non-hydrogen) atoms. The third kappa shape index (κ3) is 5.82. The highest BCUT2D eigenvalue weighted by Gasteiger charge is 2.31. The van der Waals surface area contributed by atoms with Gasteiger partial charge in [0.15, 0.2) is 0 Å². The molecule has 0 bridgehead atoms. The summed E-state index contributed by atoms with van der Waals surface area (Å²) < 4.78 is 55.4. The van der Waals surface area contributed by atoms with E-state index < -0.39 is 30.4 Å². The molecule has 8 nitrogen and oxygen atoms in total. The van der Waals surface area contributed by atoms with Gasteiger partial charge in [-0.1, -0.05) is 18.2 Å². The Morgan fingerprint density at radius 1 is 1.16 bits per heavy atom. The minimum atomic E-state index is -4.89. The lowest BCUT2D eigenvalue weighted by molar-refractivity contribution is -0.274. The molecule has 0 fully saturated rings. The van der Waals surface area contributed by atoms with E-state index in [-0.39, 0.29) is 34.3 Å². The predicted octanol–water partition coefficient (Wildman–Crippen LogP) is 4.29. The van der Waals surface area contributed by atoms with Crippen molar-refractivity contribution < 1.29 is 32.2 Å². The van der Waals surface area contributed by atoms with Gasteiger partial charge in [0.2, 0.25) is 5.95 Å². The van der Waals surface area contributed by atoms with E-state index >= 15 is 0 Å². The highest BCUT2D eigenvalue weighted by Crippen LogP contribution is 2.30. The number of ether oxygens (including phenoxy) is 1. The molecule has 164 valence electrons. The van der Waals surface area contributed by atoms with Crippen molar-refractivity contribution in [3.05, 3.63) is 59.9 Å². The number of carbonyl (C=O) groups is 1. The van der Waals surface area contributed by atoms with Gasteiger partial charge in [-0.2, -0.15) is 10.2 Å². The Kier molecular flexibility index (Phi) is 6.39. The molecule has 1 aromatic heterocycles. The summed E-state index contributed by atoms with van der Waals surface area (Å²) in [5.41, 5.74) is 0.108. The van der Waals surface area contributed by atoms with Crippen LogP contribution in [0.3, 0.4) is 0 Å². The first-order chi connectivity index (χ1) is 15.1. The second kappa shape index (κ2) is 9.17. The molecule has 0 spiro atoms. The summed E-state index contributed by atoms with van der Waals surface area (Å²) in [6.45, 7) is -0.538. The number of carboxylic acids is 1. The van der Waals surface area contributed by atoms with E-state index in [1.807, 2.05) is 0 Å². The summed E-state index contributed by atoms with van der Waals surface area (Å²) >= 11 is 0. The molecule has 0 atom stereocenters. The molecule has 3 rings (SSSR count). The third-order valence-electron chi connectivity index (χ3n) is 3.88. The smallest absolute Gasteiger partial charge is 0.480 e. The molecular weight excluding hydrogens is 434 g/mol. The van der Waals surface area contributed by atoms with Crippen LogP contribution in [0.25, 0.3) is 11.3 Å². The van der Waals surface area contributed by atoms with Crippen molar-refractivity contribution in [2.24, 2.45) is 0 Å². The third-order valence-corrected chi connectivity index (χ3v) is 3.88. The Morgan fingerprint density at radius 3 is 2.59 bits per heavy atom. The van der Waals surface area contributed by atoms with Crippen LogP contribution < -0.4 is 15.4 Å². The van der Waals surface area contributed by atoms with Gasteiger partial charge >= 0.3 is 12.3 Å². The van der Waals surface area contributed by atoms with Gasteiger partial charge in [-0.3, -0.25) is 4.79 Å². The lowest BCUT2D eigenvalue weighted by atomic mass is 10.1. The minimum absolute atomic E-state index is 0.0344. The lowest BCUT2D eigenvalue weighted by Crippen LogP contribution is -2.17. The zero-order valence-electron chi connectivity index (χ0n) is 15.9. The van der Waals surface area contributed by atoms with Crippen molar-refractivity contribution in [3.63, 3.8) is 0 Å². The van der Waals surface area contributed by atoms with Gasteiger partial charge in [0.1, 0.15) is 35.6 Å². The van der Waals surface area contributed by atoms with E-state index in [2.05, 4.69) is 25.3 Å². The van der Waals surface area contributed by atoms with Crippen LogP contribution in [-0.2, 0) is 4.79 Å². The van der Waals surface area contributed by atoms with E-state index in [0.29, 0.717) is 0 Å². The lowest BCUT2D eigenvalue weighted by Gasteiger charge is -2.13. The predicted molar refractivity (Wildman–Crippen MR) is 105 cm³/mol. The van der Waals surface area contributed by atoms with Gasteiger partial charge in [-0.25, -0.2) is 9.37 Å². The summed E-state index contributed by atoms with van der Waals surface area (Å²) in [6, 6.07) is 11.9. The molecule has 0 amide bonds. The van der Waals surface area contributed by atoms with Crippen LogP contribution in [0.4, 0.5) is 35.0 Å². The number of nitrogens with one attached hydrogen (secondary N) is 2. The highest BCUT2D eigenvalue weighted by atomic mass is 19.4. The molecule has 0 saturated heterocycles. The molecule has 1 heterocycles. The summed E-state index contributed by atoms with van der Waals surface area (Å²) in [6.07, 6.45) is -4.89. The van der Waals surface area contributed by atoms with Gasteiger partial charge in [-0.15, -0.1) is 13.2 Å². The van der Waals surface area contributed by atoms with Crippen molar-refractivity contribution >= 4 is 23.4 Å². The number of nitriles is 1. The zero-order valence-corrected chi connectivity index (χ0v) is 15.9. The molecule has 3 aromatic rings. The molecule has 12 heteroatoms. The molecule has 0 aliphatic rings. The van der Waals surface area contributed by atoms with Gasteiger partial charge in [-0.05, 0) is 24.3 Å². The van der Waals surface area contributed by atoms with Crippen LogP contribution in [0.2, 0.25) is 0 Å². The Labute approximate surface area is 178 Å². The van der Waals surface area contributed by atoms with Crippen LogP contribution in [0.5, 0.6) is 5.75 Å². The Hall–Kier alpha value is -4.40. The number of alkyl halides is 3. The molecule has 0 saturated carbocycles. The summed E-state index contributed by atoms with van der Waals surface area (Å²) in [5.74, 6) is -2.59. The Balaban J connectivity index is 2.03. The molecular formula is C20H13F4N5O3. The first-order valence-corrected chi connectivity index (χ1v) is 8.81. The van der Waals surface area contributed by atoms with Crippen molar-refractivity contribution in [1.29, 1.82) is 5.26 Å². The number of nitrogens with zero attached hydrogens (tertiary/aromatic N) is 3. The number of hydrogen-bond acceptors (Lipinski definition) is 7. The SMILES string of the molecule is N#Cc1c(F)cccc1Nc1cc(-c2cccc(OC(F)(F)F)c2)nc(NCC(=O)O)n1. The van der Waals surface area contributed by atoms with Crippen molar-refractivity contribution in [3.8, 4) is 23.1 Å². The van der Waals surface area contributed by atoms with Crippen molar-refractivity contribution in [1.82, 2.24) is 9.97 Å². The summed E-state index contributed by atoms with van der Waals surface area (Å²) in [7, 11) is 0. The number of halogens is 4. The summed E-state index contributed by atoms with van der Waals surface area (Å²) in [4.78, 5) is 19.1. The topological polar surface area (TPSA) is 120 Å². The van der Waals surface area contributed by atoms with E-state index in [1.54, 1.807) is 6.07 Å². The fraction of sp³-hybridized carbons (Fsp3) is 0.100. The van der Waals surface area contributed by atoms with Crippen molar-refractivity contribution in [2.75, 3.05) is 17.2 Å². The maximum absolute atomic E-state index is 13.9. The number of carboxylic acid groups (broad SMARTS) is 1. The van der Waals surface area contributed by atoms with Gasteiger partial charge < -0.3 is 20.5 Å². The normalized spacial score (nSPS) is 10.8. The fourth-order valence-electron chi connectivity index (χ4n) is 2.63. The average Bonchev–Trinajstić information content (AvgIpc) is 2.71.